The van der Waals surface area contributed by atoms with Crippen molar-refractivity contribution in [1.29, 1.82) is 0 Å². The topological polar surface area (TPSA) is 33.1 Å². The second-order valence-corrected chi connectivity index (χ2v) is 3.29. The maximum absolute atomic E-state index is 9.75. The maximum atomic E-state index is 9.75. The third-order valence-corrected chi connectivity index (χ3v) is 2.20. The van der Waals surface area contributed by atoms with Crippen LogP contribution in [-0.4, -0.2) is 10.1 Å². The molecule has 3 heteroatoms. The van der Waals surface area contributed by atoms with Gasteiger partial charge in [-0.1, -0.05) is 11.6 Å². The molecule has 0 aliphatic rings. The minimum absolute atomic E-state index is 0.504. The van der Waals surface area contributed by atoms with E-state index < -0.39 is 6.10 Å². The van der Waals surface area contributed by atoms with Crippen LogP contribution < -0.4 is 0 Å². The Morgan fingerprint density at radius 3 is 3.07 bits per heavy atom. The fourth-order valence-corrected chi connectivity index (χ4v) is 1.39. The van der Waals surface area contributed by atoms with Crippen molar-refractivity contribution >= 4 is 11.6 Å². The molecule has 0 aliphatic heterocycles. The Labute approximate surface area is 88.9 Å². The lowest BCUT2D eigenvalue weighted by atomic mass is 10.1. The van der Waals surface area contributed by atoms with E-state index in [-0.39, 0.29) is 0 Å². The molecule has 1 N–H and O–H groups in total. The molecule has 0 aliphatic carbocycles. The smallest absolute Gasteiger partial charge is 0.0814 e. The number of aromatic nitrogens is 1. The molecule has 0 saturated carbocycles. The molecule has 0 radical (unpaired) electrons. The van der Waals surface area contributed by atoms with E-state index in [0.717, 1.165) is 5.56 Å². The van der Waals surface area contributed by atoms with Crippen LogP contribution in [0.4, 0.5) is 0 Å². The number of aliphatic hydroxyl groups excluding tert-OH is 1. The minimum atomic E-state index is -0.550. The molecule has 1 atom stereocenters. The summed E-state index contributed by atoms with van der Waals surface area (Å²) in [6.45, 7) is 1.78. The lowest BCUT2D eigenvalue weighted by Crippen LogP contribution is -1.98. The van der Waals surface area contributed by atoms with Gasteiger partial charge in [0.15, 0.2) is 0 Å². The third-order valence-electron chi connectivity index (χ3n) is 1.88. The molecule has 0 bridgehead atoms. The molecular formula is C11H12ClNO. The molecule has 0 spiro atoms. The van der Waals surface area contributed by atoms with Gasteiger partial charge in [-0.2, -0.15) is 0 Å². The molecule has 0 fully saturated rings. The Morgan fingerprint density at radius 2 is 2.43 bits per heavy atom. The predicted octanol–water partition coefficient (Wildman–Crippen LogP) is 2.57. The zero-order valence-electron chi connectivity index (χ0n) is 8.00. The van der Waals surface area contributed by atoms with Crippen molar-refractivity contribution in [2.45, 2.75) is 25.9 Å². The molecule has 0 amide bonds. The van der Waals surface area contributed by atoms with Crippen LogP contribution in [0.1, 0.15) is 31.4 Å². The first-order valence-electron chi connectivity index (χ1n) is 4.42. The second-order valence-electron chi connectivity index (χ2n) is 2.88. The molecule has 2 nitrogen and oxygen atoms in total. The van der Waals surface area contributed by atoms with Crippen molar-refractivity contribution in [2.24, 2.45) is 0 Å². The number of hydrogen-bond acceptors (Lipinski definition) is 2. The molecular weight excluding hydrogens is 198 g/mol. The van der Waals surface area contributed by atoms with Crippen LogP contribution in [0.25, 0.3) is 0 Å². The Balaban J connectivity index is 2.63. The van der Waals surface area contributed by atoms with Crippen LogP contribution in [0.3, 0.4) is 0 Å². The van der Waals surface area contributed by atoms with E-state index in [1.165, 1.54) is 6.20 Å². The average Bonchev–Trinajstić information content (AvgIpc) is 2.18. The summed E-state index contributed by atoms with van der Waals surface area (Å²) < 4.78 is 0. The summed E-state index contributed by atoms with van der Waals surface area (Å²) in [5.41, 5.74) is 0.722. The van der Waals surface area contributed by atoms with Gasteiger partial charge in [0.25, 0.3) is 0 Å². The molecule has 1 aromatic rings. The van der Waals surface area contributed by atoms with Crippen molar-refractivity contribution in [3.8, 4) is 11.8 Å². The number of pyridine rings is 1. The fraction of sp³-hybridized carbons (Fsp3) is 0.364. The van der Waals surface area contributed by atoms with Crippen LogP contribution >= 0.6 is 11.6 Å². The summed E-state index contributed by atoms with van der Waals surface area (Å²) in [7, 11) is 0. The van der Waals surface area contributed by atoms with Gasteiger partial charge in [0.2, 0.25) is 0 Å². The van der Waals surface area contributed by atoms with E-state index in [9.17, 15) is 5.11 Å². The number of halogens is 1. The lowest BCUT2D eigenvalue weighted by Gasteiger charge is -2.09. The monoisotopic (exact) mass is 209 g/mol. The zero-order chi connectivity index (χ0) is 10.4. The van der Waals surface area contributed by atoms with E-state index in [2.05, 4.69) is 16.8 Å². The van der Waals surface area contributed by atoms with E-state index in [4.69, 9.17) is 11.6 Å². The summed E-state index contributed by atoms with van der Waals surface area (Å²) in [5, 5.41) is 10.3. The number of aliphatic hydroxyl groups is 1. The number of rotatable bonds is 3. The molecule has 0 saturated heterocycles. The number of hydrogen-bond donors (Lipinski definition) is 1. The fourth-order valence-electron chi connectivity index (χ4n) is 1.15. The average molecular weight is 210 g/mol. The summed E-state index contributed by atoms with van der Waals surface area (Å²) in [4.78, 5) is 3.85. The highest BCUT2D eigenvalue weighted by molar-refractivity contribution is 6.31. The van der Waals surface area contributed by atoms with Gasteiger partial charge >= 0.3 is 0 Å². The van der Waals surface area contributed by atoms with Gasteiger partial charge in [-0.3, -0.25) is 4.98 Å². The first-order chi connectivity index (χ1) is 6.75. The van der Waals surface area contributed by atoms with Gasteiger partial charge < -0.3 is 5.11 Å². The maximum Gasteiger partial charge on any atom is 0.0814 e. The van der Waals surface area contributed by atoms with Gasteiger partial charge in [0.1, 0.15) is 0 Å². The van der Waals surface area contributed by atoms with Crippen molar-refractivity contribution < 1.29 is 5.11 Å². The summed E-state index contributed by atoms with van der Waals surface area (Å²) in [6, 6.07) is 1.73. The van der Waals surface area contributed by atoms with Crippen LogP contribution in [0.5, 0.6) is 0 Å². The zero-order valence-corrected chi connectivity index (χ0v) is 8.75. The SMILES string of the molecule is CC#CCCC(O)c1ccncc1Cl. The Hall–Kier alpha value is -1.04. The highest BCUT2D eigenvalue weighted by Gasteiger charge is 2.09. The highest BCUT2D eigenvalue weighted by Crippen LogP contribution is 2.24. The predicted molar refractivity (Wildman–Crippen MR) is 56.9 cm³/mol. The summed E-state index contributed by atoms with van der Waals surface area (Å²) >= 11 is 5.87. The van der Waals surface area contributed by atoms with Crippen molar-refractivity contribution in [1.82, 2.24) is 4.98 Å². The molecule has 1 aromatic heterocycles. The third kappa shape index (κ3) is 3.02. The van der Waals surface area contributed by atoms with Crippen LogP contribution in [0.15, 0.2) is 18.5 Å². The molecule has 74 valence electrons. The standard InChI is InChI=1S/C11H12ClNO/c1-2-3-4-5-11(14)9-6-7-13-8-10(9)12/h6-8,11,14H,4-5H2,1H3. The van der Waals surface area contributed by atoms with Crippen molar-refractivity contribution in [3.05, 3.63) is 29.0 Å². The van der Waals surface area contributed by atoms with E-state index >= 15 is 0 Å². The Bertz CT molecular complexity index is 354. The minimum Gasteiger partial charge on any atom is -0.388 e. The van der Waals surface area contributed by atoms with E-state index in [0.29, 0.717) is 17.9 Å². The van der Waals surface area contributed by atoms with Crippen molar-refractivity contribution in [2.75, 3.05) is 0 Å². The van der Waals surface area contributed by atoms with Gasteiger partial charge in [0.05, 0.1) is 11.1 Å². The van der Waals surface area contributed by atoms with Gasteiger partial charge in [-0.05, 0) is 19.4 Å². The molecule has 1 heterocycles. The number of nitrogens with zero attached hydrogens (tertiary/aromatic N) is 1. The van der Waals surface area contributed by atoms with Gasteiger partial charge in [-0.15, -0.1) is 11.8 Å². The van der Waals surface area contributed by atoms with Crippen LogP contribution in [-0.2, 0) is 0 Å². The normalized spacial score (nSPS) is 11.6. The van der Waals surface area contributed by atoms with Gasteiger partial charge in [-0.25, -0.2) is 0 Å². The van der Waals surface area contributed by atoms with Gasteiger partial charge in [0, 0.05) is 24.4 Å². The first-order valence-corrected chi connectivity index (χ1v) is 4.80. The van der Waals surface area contributed by atoms with Crippen LogP contribution in [0, 0.1) is 11.8 Å². The van der Waals surface area contributed by atoms with E-state index in [1.807, 2.05) is 0 Å². The summed E-state index contributed by atoms with van der Waals surface area (Å²) in [6.07, 6.45) is 3.88. The Kier molecular flexibility index (Phi) is 4.45. The Morgan fingerprint density at radius 1 is 1.64 bits per heavy atom. The second kappa shape index (κ2) is 5.64. The molecule has 0 aromatic carbocycles. The van der Waals surface area contributed by atoms with Crippen LogP contribution in [0.2, 0.25) is 5.02 Å². The quantitative estimate of drug-likeness (QED) is 0.777. The lowest BCUT2D eigenvalue weighted by molar-refractivity contribution is 0.169. The molecule has 14 heavy (non-hydrogen) atoms. The highest BCUT2D eigenvalue weighted by atomic mass is 35.5. The van der Waals surface area contributed by atoms with E-state index in [1.54, 1.807) is 19.2 Å². The largest absolute Gasteiger partial charge is 0.388 e. The molecule has 1 unspecified atom stereocenters. The van der Waals surface area contributed by atoms with Crippen molar-refractivity contribution in [3.63, 3.8) is 0 Å². The molecule has 1 rings (SSSR count). The first kappa shape index (κ1) is 11.0. The summed E-state index contributed by atoms with van der Waals surface area (Å²) in [5.74, 6) is 5.68.